The molecule has 0 heterocycles. The second-order valence-corrected chi connectivity index (χ2v) is 4.04. The number of hydrogen-bond acceptors (Lipinski definition) is 3. The summed E-state index contributed by atoms with van der Waals surface area (Å²) in [7, 11) is 0. The summed E-state index contributed by atoms with van der Waals surface area (Å²) >= 11 is 5.87. The Hall–Kier alpha value is -1.59. The number of ether oxygens (including phenoxy) is 1. The number of carbonyl (C=O) groups excluding carboxylic acids is 1. The van der Waals surface area contributed by atoms with Crippen molar-refractivity contribution >= 4 is 29.2 Å². The molecule has 0 aliphatic rings. The van der Waals surface area contributed by atoms with E-state index in [4.69, 9.17) is 21.4 Å². The molecular weight excluding hydrogens is 258 g/mol. The Morgan fingerprint density at radius 1 is 1.44 bits per heavy atom. The fraction of sp³-hybridized carbons (Fsp3) is 0.333. The Labute approximate surface area is 110 Å². The normalized spacial score (nSPS) is 11.9. The first-order valence-corrected chi connectivity index (χ1v) is 5.77. The summed E-state index contributed by atoms with van der Waals surface area (Å²) in [5.74, 6) is -1.33. The van der Waals surface area contributed by atoms with Crippen molar-refractivity contribution in [1.29, 1.82) is 0 Å². The molecule has 1 aromatic carbocycles. The number of carboxylic acids is 1. The highest BCUT2D eigenvalue weighted by atomic mass is 35.5. The van der Waals surface area contributed by atoms with E-state index >= 15 is 0 Å². The van der Waals surface area contributed by atoms with Crippen LogP contribution in [-0.2, 0) is 14.3 Å². The standard InChI is InChI=1S/C12H14ClNO4/c1-8(12(16)17)18-7-6-11(15)14-10-5-3-2-4-9(10)13/h2-5,8H,6-7H2,1H3,(H,14,15)(H,16,17)/t8-/m0/s1. The number of rotatable bonds is 6. The van der Waals surface area contributed by atoms with Gasteiger partial charge in [0.05, 0.1) is 23.7 Å². The Bertz CT molecular complexity index is 436. The first-order valence-electron chi connectivity index (χ1n) is 5.39. The smallest absolute Gasteiger partial charge is 0.332 e. The average Bonchev–Trinajstić information content (AvgIpc) is 2.32. The van der Waals surface area contributed by atoms with Crippen LogP contribution in [0.5, 0.6) is 0 Å². The predicted octanol–water partition coefficient (Wildman–Crippen LogP) is 2.16. The van der Waals surface area contributed by atoms with Crippen molar-refractivity contribution in [2.75, 3.05) is 11.9 Å². The van der Waals surface area contributed by atoms with Crippen molar-refractivity contribution < 1.29 is 19.4 Å². The van der Waals surface area contributed by atoms with E-state index in [1.54, 1.807) is 24.3 Å². The van der Waals surface area contributed by atoms with Crippen molar-refractivity contribution in [2.45, 2.75) is 19.4 Å². The maximum atomic E-state index is 11.5. The molecule has 18 heavy (non-hydrogen) atoms. The largest absolute Gasteiger partial charge is 0.479 e. The number of hydrogen-bond donors (Lipinski definition) is 2. The lowest BCUT2D eigenvalue weighted by atomic mass is 10.3. The van der Waals surface area contributed by atoms with E-state index in [-0.39, 0.29) is 18.9 Å². The van der Waals surface area contributed by atoms with Crippen LogP contribution in [0.4, 0.5) is 5.69 Å². The first kappa shape index (κ1) is 14.5. The van der Waals surface area contributed by atoms with Gasteiger partial charge in [0, 0.05) is 0 Å². The minimum atomic E-state index is -1.05. The summed E-state index contributed by atoms with van der Waals surface area (Å²) in [6, 6.07) is 6.86. The van der Waals surface area contributed by atoms with E-state index in [2.05, 4.69) is 5.32 Å². The van der Waals surface area contributed by atoms with E-state index in [9.17, 15) is 9.59 Å². The van der Waals surface area contributed by atoms with Crippen molar-refractivity contribution in [3.63, 3.8) is 0 Å². The number of nitrogens with one attached hydrogen (secondary N) is 1. The lowest BCUT2D eigenvalue weighted by Crippen LogP contribution is -2.22. The molecule has 1 atom stereocenters. The molecule has 1 amide bonds. The molecular formula is C12H14ClNO4. The highest BCUT2D eigenvalue weighted by Crippen LogP contribution is 2.20. The summed E-state index contributed by atoms with van der Waals surface area (Å²) in [5.41, 5.74) is 0.524. The molecule has 0 aromatic heterocycles. The second-order valence-electron chi connectivity index (χ2n) is 3.63. The van der Waals surface area contributed by atoms with Crippen molar-refractivity contribution in [2.24, 2.45) is 0 Å². The van der Waals surface area contributed by atoms with Gasteiger partial charge in [-0.25, -0.2) is 4.79 Å². The monoisotopic (exact) mass is 271 g/mol. The van der Waals surface area contributed by atoms with Gasteiger partial charge in [-0.05, 0) is 19.1 Å². The molecule has 2 N–H and O–H groups in total. The van der Waals surface area contributed by atoms with Crippen molar-refractivity contribution in [3.05, 3.63) is 29.3 Å². The molecule has 0 aliphatic carbocycles. The number of carbonyl (C=O) groups is 2. The Morgan fingerprint density at radius 2 is 2.11 bits per heavy atom. The van der Waals surface area contributed by atoms with Crippen LogP contribution in [0.15, 0.2) is 24.3 Å². The minimum absolute atomic E-state index is 0.0454. The minimum Gasteiger partial charge on any atom is -0.479 e. The summed E-state index contributed by atoms with van der Waals surface area (Å²) in [6.07, 6.45) is -0.846. The molecule has 0 fully saturated rings. The van der Waals surface area contributed by atoms with Gasteiger partial charge in [0.15, 0.2) is 6.10 Å². The van der Waals surface area contributed by atoms with Crippen molar-refractivity contribution in [1.82, 2.24) is 0 Å². The number of para-hydroxylation sites is 1. The van der Waals surface area contributed by atoms with Gasteiger partial charge in [0.1, 0.15) is 0 Å². The second kappa shape index (κ2) is 6.98. The zero-order chi connectivity index (χ0) is 13.5. The molecule has 6 heteroatoms. The zero-order valence-electron chi connectivity index (χ0n) is 9.85. The number of aliphatic carboxylic acids is 1. The van der Waals surface area contributed by atoms with Crippen LogP contribution in [0.1, 0.15) is 13.3 Å². The van der Waals surface area contributed by atoms with E-state index in [0.29, 0.717) is 10.7 Å². The predicted molar refractivity (Wildman–Crippen MR) is 67.7 cm³/mol. The van der Waals surface area contributed by atoms with Crippen LogP contribution < -0.4 is 5.32 Å². The Balaban J connectivity index is 2.35. The van der Waals surface area contributed by atoms with E-state index in [0.717, 1.165) is 0 Å². The molecule has 0 saturated carbocycles. The molecule has 98 valence electrons. The molecule has 5 nitrogen and oxygen atoms in total. The molecule has 0 unspecified atom stereocenters. The third-order valence-corrected chi connectivity index (χ3v) is 2.52. The third-order valence-electron chi connectivity index (χ3n) is 2.19. The number of amides is 1. The molecule has 1 rings (SSSR count). The summed E-state index contributed by atoms with van der Waals surface area (Å²) < 4.78 is 4.95. The highest BCUT2D eigenvalue weighted by molar-refractivity contribution is 6.33. The molecule has 0 bridgehead atoms. The number of halogens is 1. The fourth-order valence-electron chi connectivity index (χ4n) is 1.17. The van der Waals surface area contributed by atoms with Gasteiger partial charge in [-0.15, -0.1) is 0 Å². The lowest BCUT2D eigenvalue weighted by molar-refractivity contribution is -0.149. The zero-order valence-corrected chi connectivity index (χ0v) is 10.6. The van der Waals surface area contributed by atoms with Gasteiger partial charge in [-0.2, -0.15) is 0 Å². The molecule has 0 spiro atoms. The Kier molecular flexibility index (Phi) is 5.61. The van der Waals surface area contributed by atoms with E-state index in [1.165, 1.54) is 6.92 Å². The molecule has 1 aromatic rings. The molecule has 0 saturated heterocycles. The number of carboxylic acid groups (broad SMARTS) is 1. The number of anilines is 1. The van der Waals surface area contributed by atoms with Crippen LogP contribution in [0.2, 0.25) is 5.02 Å². The quantitative estimate of drug-likeness (QED) is 0.831. The van der Waals surface area contributed by atoms with Gasteiger partial charge >= 0.3 is 5.97 Å². The maximum Gasteiger partial charge on any atom is 0.332 e. The van der Waals surface area contributed by atoms with Crippen LogP contribution in [0, 0.1) is 0 Å². The van der Waals surface area contributed by atoms with Gasteiger partial charge in [0.25, 0.3) is 0 Å². The summed E-state index contributed by atoms with van der Waals surface area (Å²) in [6.45, 7) is 1.46. The van der Waals surface area contributed by atoms with Gasteiger partial charge < -0.3 is 15.2 Å². The summed E-state index contributed by atoms with van der Waals surface area (Å²) in [5, 5.41) is 11.6. The van der Waals surface area contributed by atoms with Crippen molar-refractivity contribution in [3.8, 4) is 0 Å². The Morgan fingerprint density at radius 3 is 2.72 bits per heavy atom. The lowest BCUT2D eigenvalue weighted by Gasteiger charge is -2.09. The van der Waals surface area contributed by atoms with Gasteiger partial charge in [0.2, 0.25) is 5.91 Å². The van der Waals surface area contributed by atoms with Gasteiger partial charge in [-0.3, -0.25) is 4.79 Å². The van der Waals surface area contributed by atoms with Crippen LogP contribution in [-0.4, -0.2) is 29.7 Å². The average molecular weight is 272 g/mol. The molecule has 0 aliphatic heterocycles. The van der Waals surface area contributed by atoms with E-state index in [1.807, 2.05) is 0 Å². The van der Waals surface area contributed by atoms with Crippen LogP contribution in [0.25, 0.3) is 0 Å². The van der Waals surface area contributed by atoms with Crippen LogP contribution in [0.3, 0.4) is 0 Å². The maximum absolute atomic E-state index is 11.5. The van der Waals surface area contributed by atoms with Gasteiger partial charge in [-0.1, -0.05) is 23.7 Å². The summed E-state index contributed by atoms with van der Waals surface area (Å²) in [4.78, 5) is 22.0. The SMILES string of the molecule is C[C@H](OCCC(=O)Nc1ccccc1Cl)C(=O)O. The fourth-order valence-corrected chi connectivity index (χ4v) is 1.36. The number of benzene rings is 1. The first-order chi connectivity index (χ1) is 8.50. The van der Waals surface area contributed by atoms with E-state index < -0.39 is 12.1 Å². The highest BCUT2D eigenvalue weighted by Gasteiger charge is 2.12. The molecule has 0 radical (unpaired) electrons. The van der Waals surface area contributed by atoms with Crippen LogP contribution >= 0.6 is 11.6 Å². The topological polar surface area (TPSA) is 75.6 Å². The third kappa shape index (κ3) is 4.73.